The first-order chi connectivity index (χ1) is 10.0. The molecule has 3 aromatic rings. The molecule has 0 aliphatic rings. The van der Waals surface area contributed by atoms with Gasteiger partial charge in [0.2, 0.25) is 0 Å². The van der Waals surface area contributed by atoms with E-state index < -0.39 is 17.6 Å². The molecule has 0 radical (unpaired) electrons. The number of rotatable bonds is 3. The van der Waals surface area contributed by atoms with E-state index in [1.807, 2.05) is 0 Å². The van der Waals surface area contributed by atoms with Crippen LogP contribution in [0.4, 0.5) is 8.78 Å². The van der Waals surface area contributed by atoms with Crippen molar-refractivity contribution in [3.8, 4) is 0 Å². The summed E-state index contributed by atoms with van der Waals surface area (Å²) >= 11 is 1.23. The van der Waals surface area contributed by atoms with E-state index in [1.165, 1.54) is 41.7 Å². The SMILES string of the molecule is O=C(O)c1ccc2nc(Cc3c(F)cccc3F)sc2c1. The average molecular weight is 305 g/mol. The van der Waals surface area contributed by atoms with Gasteiger partial charge in [0.15, 0.2) is 0 Å². The van der Waals surface area contributed by atoms with Crippen molar-refractivity contribution in [2.45, 2.75) is 6.42 Å². The summed E-state index contributed by atoms with van der Waals surface area (Å²) in [6.45, 7) is 0. The molecule has 0 amide bonds. The van der Waals surface area contributed by atoms with Gasteiger partial charge in [-0.05, 0) is 30.3 Å². The van der Waals surface area contributed by atoms with Crippen LogP contribution in [0.5, 0.6) is 0 Å². The quantitative estimate of drug-likeness (QED) is 0.799. The van der Waals surface area contributed by atoms with E-state index in [9.17, 15) is 13.6 Å². The zero-order chi connectivity index (χ0) is 15.0. The normalized spacial score (nSPS) is 11.0. The van der Waals surface area contributed by atoms with Crippen LogP contribution in [0.3, 0.4) is 0 Å². The van der Waals surface area contributed by atoms with E-state index >= 15 is 0 Å². The smallest absolute Gasteiger partial charge is 0.335 e. The van der Waals surface area contributed by atoms with Gasteiger partial charge >= 0.3 is 5.97 Å². The van der Waals surface area contributed by atoms with E-state index in [0.29, 0.717) is 15.2 Å². The fourth-order valence-electron chi connectivity index (χ4n) is 2.03. The second kappa shape index (κ2) is 5.21. The maximum absolute atomic E-state index is 13.6. The summed E-state index contributed by atoms with van der Waals surface area (Å²) in [5.41, 5.74) is 0.751. The number of aromatic nitrogens is 1. The van der Waals surface area contributed by atoms with E-state index in [1.54, 1.807) is 6.07 Å². The second-order valence-electron chi connectivity index (χ2n) is 4.47. The minimum absolute atomic E-state index is 0.0324. The minimum atomic E-state index is -1.02. The molecular weight excluding hydrogens is 296 g/mol. The Labute approximate surface area is 122 Å². The lowest BCUT2D eigenvalue weighted by molar-refractivity contribution is 0.0697. The first-order valence-corrected chi connectivity index (χ1v) is 6.92. The Bertz CT molecular complexity index is 825. The van der Waals surface area contributed by atoms with Gasteiger partial charge in [-0.25, -0.2) is 18.6 Å². The molecule has 0 aliphatic heterocycles. The Hall–Kier alpha value is -2.34. The van der Waals surface area contributed by atoms with Crippen LogP contribution < -0.4 is 0 Å². The minimum Gasteiger partial charge on any atom is -0.478 e. The van der Waals surface area contributed by atoms with Crippen LogP contribution in [-0.2, 0) is 6.42 Å². The standard InChI is InChI=1S/C15H9F2NO2S/c16-10-2-1-3-11(17)9(10)7-14-18-12-5-4-8(15(19)20)6-13(12)21-14/h1-6H,7H2,(H,19,20). The molecule has 1 N–H and O–H groups in total. The third-order valence-electron chi connectivity index (χ3n) is 3.07. The number of aromatic carboxylic acids is 1. The lowest BCUT2D eigenvalue weighted by Crippen LogP contribution is -1.96. The largest absolute Gasteiger partial charge is 0.478 e. The predicted molar refractivity (Wildman–Crippen MR) is 75.7 cm³/mol. The Morgan fingerprint density at radius 2 is 1.90 bits per heavy atom. The summed E-state index contributed by atoms with van der Waals surface area (Å²) in [7, 11) is 0. The van der Waals surface area contributed by atoms with Gasteiger partial charge in [0.25, 0.3) is 0 Å². The van der Waals surface area contributed by atoms with Crippen LogP contribution >= 0.6 is 11.3 Å². The van der Waals surface area contributed by atoms with Crippen molar-refractivity contribution in [3.05, 3.63) is 64.2 Å². The summed E-state index contributed by atoms with van der Waals surface area (Å²) in [5, 5.41) is 9.48. The van der Waals surface area contributed by atoms with Gasteiger partial charge in [-0.15, -0.1) is 11.3 Å². The number of nitrogens with zero attached hydrogens (tertiary/aromatic N) is 1. The Morgan fingerprint density at radius 3 is 2.57 bits per heavy atom. The van der Waals surface area contributed by atoms with E-state index in [0.717, 1.165) is 0 Å². The molecule has 0 aliphatic carbocycles. The van der Waals surface area contributed by atoms with Gasteiger partial charge in [-0.2, -0.15) is 0 Å². The topological polar surface area (TPSA) is 50.2 Å². The van der Waals surface area contributed by atoms with Gasteiger partial charge in [-0.3, -0.25) is 0 Å². The number of hydrogen-bond acceptors (Lipinski definition) is 3. The maximum atomic E-state index is 13.6. The number of fused-ring (bicyclic) bond motifs is 1. The summed E-state index contributed by atoms with van der Waals surface area (Å²) in [6.07, 6.45) is 0.0419. The molecule has 3 rings (SSSR count). The van der Waals surface area contributed by atoms with Crippen LogP contribution in [0.2, 0.25) is 0 Å². The highest BCUT2D eigenvalue weighted by molar-refractivity contribution is 7.18. The number of carbonyl (C=O) groups is 1. The van der Waals surface area contributed by atoms with E-state index in [-0.39, 0.29) is 17.5 Å². The highest BCUT2D eigenvalue weighted by atomic mass is 32.1. The number of carboxylic acid groups (broad SMARTS) is 1. The van der Waals surface area contributed by atoms with E-state index in [2.05, 4.69) is 4.98 Å². The van der Waals surface area contributed by atoms with Gasteiger partial charge in [0.05, 0.1) is 20.8 Å². The molecule has 3 nitrogen and oxygen atoms in total. The molecule has 106 valence electrons. The fraction of sp³-hybridized carbons (Fsp3) is 0.0667. The molecule has 0 spiro atoms. The molecule has 0 atom stereocenters. The molecule has 0 bridgehead atoms. The fourth-order valence-corrected chi connectivity index (χ4v) is 3.05. The molecule has 0 unspecified atom stereocenters. The first kappa shape index (κ1) is 13.6. The molecule has 6 heteroatoms. The summed E-state index contributed by atoms with van der Waals surface area (Å²) in [4.78, 5) is 15.2. The summed E-state index contributed by atoms with van der Waals surface area (Å²) < 4.78 is 27.9. The highest BCUT2D eigenvalue weighted by Crippen LogP contribution is 2.26. The lowest BCUT2D eigenvalue weighted by atomic mass is 10.1. The third kappa shape index (κ3) is 2.62. The van der Waals surface area contributed by atoms with Gasteiger partial charge in [0, 0.05) is 12.0 Å². The predicted octanol–water partition coefficient (Wildman–Crippen LogP) is 3.86. The van der Waals surface area contributed by atoms with Crippen molar-refractivity contribution in [1.29, 1.82) is 0 Å². The number of benzene rings is 2. The Morgan fingerprint density at radius 1 is 1.19 bits per heavy atom. The zero-order valence-corrected chi connectivity index (χ0v) is 11.5. The van der Waals surface area contributed by atoms with Crippen molar-refractivity contribution in [1.82, 2.24) is 4.98 Å². The van der Waals surface area contributed by atoms with Crippen LogP contribution in [0.1, 0.15) is 20.9 Å². The highest BCUT2D eigenvalue weighted by Gasteiger charge is 2.13. The number of carboxylic acids is 1. The van der Waals surface area contributed by atoms with Crippen molar-refractivity contribution < 1.29 is 18.7 Å². The Kier molecular flexibility index (Phi) is 3.39. The van der Waals surface area contributed by atoms with Crippen LogP contribution in [0, 0.1) is 11.6 Å². The zero-order valence-electron chi connectivity index (χ0n) is 10.6. The van der Waals surface area contributed by atoms with Gasteiger partial charge in [0.1, 0.15) is 11.6 Å². The number of thiazole rings is 1. The molecule has 1 heterocycles. The first-order valence-electron chi connectivity index (χ1n) is 6.10. The van der Waals surface area contributed by atoms with Crippen molar-refractivity contribution in [2.24, 2.45) is 0 Å². The van der Waals surface area contributed by atoms with Crippen LogP contribution in [0.15, 0.2) is 36.4 Å². The molecular formula is C15H9F2NO2S. The van der Waals surface area contributed by atoms with Gasteiger partial charge in [-0.1, -0.05) is 6.07 Å². The van der Waals surface area contributed by atoms with Crippen molar-refractivity contribution >= 4 is 27.5 Å². The third-order valence-corrected chi connectivity index (χ3v) is 4.09. The summed E-state index contributed by atoms with van der Waals surface area (Å²) in [6, 6.07) is 8.28. The van der Waals surface area contributed by atoms with E-state index in [4.69, 9.17) is 5.11 Å². The maximum Gasteiger partial charge on any atom is 0.335 e. The van der Waals surface area contributed by atoms with Crippen molar-refractivity contribution in [2.75, 3.05) is 0 Å². The molecule has 0 fully saturated rings. The molecule has 2 aromatic carbocycles. The average Bonchev–Trinajstić information content (AvgIpc) is 2.84. The second-order valence-corrected chi connectivity index (χ2v) is 5.59. The molecule has 0 saturated carbocycles. The molecule has 21 heavy (non-hydrogen) atoms. The number of hydrogen-bond donors (Lipinski definition) is 1. The van der Waals surface area contributed by atoms with Gasteiger partial charge < -0.3 is 5.11 Å². The van der Waals surface area contributed by atoms with Crippen LogP contribution in [-0.4, -0.2) is 16.1 Å². The summed E-state index contributed by atoms with van der Waals surface area (Å²) in [5.74, 6) is -2.24. The molecule has 0 saturated heterocycles. The van der Waals surface area contributed by atoms with Crippen LogP contribution in [0.25, 0.3) is 10.2 Å². The number of halogens is 2. The Balaban J connectivity index is 2.00. The molecule has 1 aromatic heterocycles. The monoisotopic (exact) mass is 305 g/mol. The lowest BCUT2D eigenvalue weighted by Gasteiger charge is -2.01. The van der Waals surface area contributed by atoms with Crippen molar-refractivity contribution in [3.63, 3.8) is 0 Å².